The van der Waals surface area contributed by atoms with Gasteiger partial charge in [-0.2, -0.15) is 12.7 Å². The summed E-state index contributed by atoms with van der Waals surface area (Å²) in [6, 6.07) is 11.4. The van der Waals surface area contributed by atoms with E-state index in [1.165, 1.54) is 26.1 Å². The summed E-state index contributed by atoms with van der Waals surface area (Å²) in [7, 11) is 5.74. The summed E-state index contributed by atoms with van der Waals surface area (Å²) >= 11 is 0. The number of nitrogens with zero attached hydrogens (tertiary/aromatic N) is 5. The van der Waals surface area contributed by atoms with Crippen LogP contribution in [0.1, 0.15) is 92.1 Å². The Morgan fingerprint density at radius 2 is 1.71 bits per heavy atom. The van der Waals surface area contributed by atoms with Gasteiger partial charge in [0, 0.05) is 88.9 Å². The molecule has 282 valence electrons. The largest absolute Gasteiger partial charge is 0.497 e. The third-order valence-electron chi connectivity index (χ3n) is 11.7. The van der Waals surface area contributed by atoms with Crippen LogP contribution in [0.5, 0.6) is 5.75 Å². The lowest BCUT2D eigenvalue weighted by Gasteiger charge is -2.35. The molecule has 3 aromatic rings. The van der Waals surface area contributed by atoms with Crippen molar-refractivity contribution in [2.45, 2.75) is 83.2 Å². The van der Waals surface area contributed by atoms with Gasteiger partial charge < -0.3 is 24.0 Å². The number of urea groups is 1. The molecule has 1 N–H and O–H groups in total. The van der Waals surface area contributed by atoms with Crippen LogP contribution in [0.4, 0.5) is 4.79 Å². The molecule has 13 heteroatoms. The molecule has 52 heavy (non-hydrogen) atoms. The van der Waals surface area contributed by atoms with Crippen LogP contribution in [0.25, 0.3) is 22.2 Å². The maximum absolute atomic E-state index is 15.0. The van der Waals surface area contributed by atoms with Crippen LogP contribution in [0.15, 0.2) is 36.4 Å². The van der Waals surface area contributed by atoms with Crippen molar-refractivity contribution < 1.29 is 27.5 Å². The van der Waals surface area contributed by atoms with Gasteiger partial charge in [-0.25, -0.2) is 9.52 Å². The fourth-order valence-electron chi connectivity index (χ4n) is 8.61. The van der Waals surface area contributed by atoms with E-state index < -0.39 is 21.5 Å². The molecule has 2 fully saturated rings. The predicted molar refractivity (Wildman–Crippen MR) is 203 cm³/mol. The highest BCUT2D eigenvalue weighted by Gasteiger charge is 2.64. The average molecular weight is 735 g/mol. The fourth-order valence-corrected chi connectivity index (χ4v) is 9.15. The number of fused-ring (bicyclic) bond motifs is 7. The Morgan fingerprint density at radius 1 is 1.00 bits per heavy atom. The Balaban J connectivity index is 1.51. The van der Waals surface area contributed by atoms with E-state index >= 15 is 4.79 Å². The molecule has 0 bridgehead atoms. The maximum atomic E-state index is 15.0. The highest BCUT2D eigenvalue weighted by Crippen LogP contribution is 2.66. The summed E-state index contributed by atoms with van der Waals surface area (Å²) in [4.78, 5) is 46.7. The smallest absolute Gasteiger partial charge is 0.319 e. The average Bonchev–Trinajstić information content (AvgIpc) is 3.80. The van der Waals surface area contributed by atoms with Gasteiger partial charge in [0.2, 0.25) is 5.91 Å². The van der Waals surface area contributed by atoms with Crippen LogP contribution >= 0.6 is 0 Å². The minimum Gasteiger partial charge on any atom is -0.497 e. The van der Waals surface area contributed by atoms with Gasteiger partial charge in [0.15, 0.2) is 0 Å². The van der Waals surface area contributed by atoms with Crippen LogP contribution in [-0.4, -0.2) is 111 Å². The number of hydrogen-bond acceptors (Lipinski definition) is 6. The second kappa shape index (κ2) is 14.4. The van der Waals surface area contributed by atoms with Gasteiger partial charge in [-0.3, -0.25) is 9.59 Å². The van der Waals surface area contributed by atoms with Crippen molar-refractivity contribution in [1.82, 2.24) is 28.3 Å². The van der Waals surface area contributed by atoms with Crippen molar-refractivity contribution in [2.75, 3.05) is 55.4 Å². The standard InChI is InChI=1S/C39H54N6O6S/c1-9-27(23-44(10-2)38(48)41(3)4)43(7)37(47)39-22-32(39)31-21-28(51-8)17-19-29(31)35-34(25-14-12-11-13-15-25)30-18-16-26(20-33(30)45(35)24-39)36(46)40-52(49,50)42(5)6/h16-21,25,27,32H,9-15,22-24H2,1-8H3,(H,40,46)/t27-,32+,39+/m1/s1. The first-order valence-electron chi connectivity index (χ1n) is 18.5. The third-order valence-corrected chi connectivity index (χ3v) is 13.1. The SMILES string of the molecule is CC[C@H](CN(CC)C(=O)N(C)C)N(C)C(=O)[C@]12C[C@H]1c1cc(OC)ccc1-c1c(C3CCCCC3)c3ccc(C(=O)NS(=O)(=O)N(C)C)cc3n1C2. The van der Waals surface area contributed by atoms with Gasteiger partial charge >= 0.3 is 16.2 Å². The number of aromatic nitrogens is 1. The summed E-state index contributed by atoms with van der Waals surface area (Å²) in [5.41, 5.74) is 4.74. The van der Waals surface area contributed by atoms with Crippen LogP contribution in [0, 0.1) is 5.41 Å². The molecule has 6 rings (SSSR count). The lowest BCUT2D eigenvalue weighted by atomic mass is 9.81. The number of amides is 4. The first-order chi connectivity index (χ1) is 24.7. The number of ether oxygens (including phenoxy) is 1. The van der Waals surface area contributed by atoms with E-state index in [1.54, 1.807) is 43.1 Å². The summed E-state index contributed by atoms with van der Waals surface area (Å²) in [6.07, 6.45) is 6.90. The Labute approximate surface area is 308 Å². The molecular formula is C39H54N6O6S. The monoisotopic (exact) mass is 734 g/mol. The Morgan fingerprint density at radius 3 is 2.33 bits per heavy atom. The molecule has 3 aliphatic rings. The number of carbonyl (C=O) groups excluding carboxylic acids is 3. The minimum absolute atomic E-state index is 0.0337. The first kappa shape index (κ1) is 37.7. The lowest BCUT2D eigenvalue weighted by molar-refractivity contribution is -0.139. The lowest BCUT2D eigenvalue weighted by Crippen LogP contribution is -2.51. The molecule has 0 spiro atoms. The van der Waals surface area contributed by atoms with Gasteiger partial charge in [-0.05, 0) is 80.0 Å². The number of hydrogen-bond donors (Lipinski definition) is 1. The van der Waals surface area contributed by atoms with Crippen molar-refractivity contribution in [3.05, 3.63) is 53.1 Å². The zero-order chi connectivity index (χ0) is 37.7. The fraction of sp³-hybridized carbons (Fsp3) is 0.564. The zero-order valence-electron chi connectivity index (χ0n) is 31.9. The summed E-state index contributed by atoms with van der Waals surface area (Å²) in [5, 5.41) is 1.03. The van der Waals surface area contributed by atoms with Crippen LogP contribution in [0.2, 0.25) is 0 Å². The minimum atomic E-state index is -4.01. The number of carbonyl (C=O) groups is 3. The van der Waals surface area contributed by atoms with Crippen LogP contribution in [-0.2, 0) is 21.5 Å². The van der Waals surface area contributed by atoms with E-state index in [-0.39, 0.29) is 29.5 Å². The molecule has 1 aliphatic heterocycles. The molecule has 12 nitrogen and oxygen atoms in total. The number of benzene rings is 2. The van der Waals surface area contributed by atoms with E-state index in [2.05, 4.69) is 28.3 Å². The second-order valence-corrected chi connectivity index (χ2v) is 17.1. The van der Waals surface area contributed by atoms with Gasteiger partial charge in [0.1, 0.15) is 5.75 Å². The van der Waals surface area contributed by atoms with Gasteiger partial charge in [-0.15, -0.1) is 0 Å². The normalized spacial score (nSPS) is 20.3. The molecule has 0 radical (unpaired) electrons. The zero-order valence-corrected chi connectivity index (χ0v) is 32.7. The van der Waals surface area contributed by atoms with E-state index in [1.807, 2.05) is 31.0 Å². The summed E-state index contributed by atoms with van der Waals surface area (Å²) in [6.45, 7) is 5.37. The highest BCUT2D eigenvalue weighted by molar-refractivity contribution is 7.87. The Kier molecular flexibility index (Phi) is 10.4. The summed E-state index contributed by atoms with van der Waals surface area (Å²) in [5.74, 6) is 0.307. The first-order valence-corrected chi connectivity index (χ1v) is 20.0. The molecule has 2 saturated carbocycles. The molecular weight excluding hydrogens is 681 g/mol. The molecule has 4 amide bonds. The number of rotatable bonds is 11. The van der Waals surface area contributed by atoms with E-state index in [0.29, 0.717) is 38.4 Å². The van der Waals surface area contributed by atoms with Crippen molar-refractivity contribution in [2.24, 2.45) is 5.41 Å². The van der Waals surface area contributed by atoms with Crippen molar-refractivity contribution >= 4 is 39.0 Å². The molecule has 1 aromatic heterocycles. The van der Waals surface area contributed by atoms with Gasteiger partial charge in [0.25, 0.3) is 5.91 Å². The van der Waals surface area contributed by atoms with Crippen molar-refractivity contribution in [1.29, 1.82) is 0 Å². The second-order valence-electron chi connectivity index (χ2n) is 15.2. The topological polar surface area (TPSA) is 124 Å². The molecule has 0 unspecified atom stereocenters. The number of nitrogens with one attached hydrogen (secondary N) is 1. The predicted octanol–water partition coefficient (Wildman–Crippen LogP) is 5.63. The van der Waals surface area contributed by atoms with Crippen LogP contribution in [0.3, 0.4) is 0 Å². The van der Waals surface area contributed by atoms with E-state index in [9.17, 15) is 18.0 Å². The number of likely N-dealkylation sites (N-methyl/N-ethyl adjacent to an activating group) is 2. The molecule has 2 aliphatic carbocycles. The van der Waals surface area contributed by atoms with Gasteiger partial charge in [0.05, 0.1) is 18.2 Å². The van der Waals surface area contributed by atoms with E-state index in [0.717, 1.165) is 63.5 Å². The number of methoxy groups -OCH3 is 1. The molecule has 3 atom stereocenters. The maximum Gasteiger partial charge on any atom is 0.319 e. The Hall–Kier alpha value is -4.10. The van der Waals surface area contributed by atoms with Crippen molar-refractivity contribution in [3.8, 4) is 17.0 Å². The van der Waals surface area contributed by atoms with Gasteiger partial charge in [-0.1, -0.05) is 32.3 Å². The quantitative estimate of drug-likeness (QED) is 0.273. The van der Waals surface area contributed by atoms with Crippen molar-refractivity contribution in [3.63, 3.8) is 0 Å². The third kappa shape index (κ3) is 6.55. The Bertz CT molecular complexity index is 1980. The molecule has 0 saturated heterocycles. The molecule has 2 heterocycles. The summed E-state index contributed by atoms with van der Waals surface area (Å²) < 4.78 is 36.4. The highest BCUT2D eigenvalue weighted by atomic mass is 32.2. The van der Waals surface area contributed by atoms with E-state index in [4.69, 9.17) is 4.74 Å². The van der Waals surface area contributed by atoms with Crippen LogP contribution < -0.4 is 9.46 Å². The molecule has 2 aromatic carbocycles.